The lowest BCUT2D eigenvalue weighted by Gasteiger charge is -2.14. The molecule has 0 fully saturated rings. The molecule has 0 radical (unpaired) electrons. The first kappa shape index (κ1) is 32.2. The molecule has 0 spiro atoms. The molecule has 4 heteroatoms. The van der Waals surface area contributed by atoms with Crippen LogP contribution in [0.1, 0.15) is 0 Å². The van der Waals surface area contributed by atoms with Crippen LogP contribution in [-0.2, 0) is 0 Å². The molecule has 0 aliphatic carbocycles. The zero-order chi connectivity index (χ0) is 36.6. The second kappa shape index (κ2) is 13.8. The molecule has 0 saturated carbocycles. The van der Waals surface area contributed by atoms with E-state index in [1.54, 1.807) is 0 Å². The van der Waals surface area contributed by atoms with Crippen LogP contribution in [0.2, 0.25) is 0 Å². The van der Waals surface area contributed by atoms with Gasteiger partial charge in [0, 0.05) is 27.5 Å². The Hall–Kier alpha value is -7.43. The number of aromatic nitrogens is 4. The molecule has 4 nitrogen and oxygen atoms in total. The second-order valence-electron chi connectivity index (χ2n) is 13.7. The zero-order valence-corrected chi connectivity index (χ0v) is 29.9. The lowest BCUT2D eigenvalue weighted by molar-refractivity contribution is 0.954. The van der Waals surface area contributed by atoms with Gasteiger partial charge in [0.2, 0.25) is 5.95 Å². The van der Waals surface area contributed by atoms with Crippen molar-refractivity contribution < 1.29 is 0 Å². The highest BCUT2D eigenvalue weighted by Gasteiger charge is 2.20. The lowest BCUT2D eigenvalue weighted by atomic mass is 9.92. The van der Waals surface area contributed by atoms with E-state index in [2.05, 4.69) is 150 Å². The minimum atomic E-state index is 0.578. The normalized spacial score (nSPS) is 11.3. The van der Waals surface area contributed by atoms with Crippen molar-refractivity contribution >= 4 is 21.8 Å². The van der Waals surface area contributed by atoms with Crippen LogP contribution in [0.15, 0.2) is 206 Å². The van der Waals surface area contributed by atoms with Crippen LogP contribution >= 0.6 is 0 Å². The van der Waals surface area contributed by atoms with Crippen molar-refractivity contribution in [2.45, 2.75) is 0 Å². The van der Waals surface area contributed by atoms with Crippen molar-refractivity contribution in [3.63, 3.8) is 0 Å². The fourth-order valence-corrected chi connectivity index (χ4v) is 7.59. The number of para-hydroxylation sites is 2. The summed E-state index contributed by atoms with van der Waals surface area (Å²) in [6.45, 7) is 0. The topological polar surface area (TPSA) is 43.6 Å². The minimum absolute atomic E-state index is 0.578. The van der Waals surface area contributed by atoms with Crippen molar-refractivity contribution in [2.24, 2.45) is 0 Å². The van der Waals surface area contributed by atoms with Crippen LogP contribution in [0.5, 0.6) is 0 Å². The predicted octanol–water partition coefficient (Wildman–Crippen LogP) is 13.0. The van der Waals surface area contributed by atoms with Crippen LogP contribution < -0.4 is 0 Å². The summed E-state index contributed by atoms with van der Waals surface area (Å²) in [5, 5.41) is 2.29. The number of nitrogens with zero attached hydrogens (tertiary/aromatic N) is 4. The van der Waals surface area contributed by atoms with Gasteiger partial charge in [0.15, 0.2) is 11.6 Å². The third-order valence-corrected chi connectivity index (χ3v) is 10.3. The van der Waals surface area contributed by atoms with Gasteiger partial charge in [-0.15, -0.1) is 0 Å². The molecule has 8 aromatic carbocycles. The van der Waals surface area contributed by atoms with Gasteiger partial charge in [0.05, 0.1) is 11.0 Å². The maximum absolute atomic E-state index is 5.17. The number of hydrogen-bond acceptors (Lipinski definition) is 3. The first-order chi connectivity index (χ1) is 27.3. The van der Waals surface area contributed by atoms with Crippen LogP contribution in [0, 0.1) is 0 Å². The van der Waals surface area contributed by atoms with Crippen molar-refractivity contribution in [3.05, 3.63) is 206 Å². The lowest BCUT2D eigenvalue weighted by Crippen LogP contribution is -2.06. The number of fused-ring (bicyclic) bond motifs is 3. The van der Waals surface area contributed by atoms with Crippen molar-refractivity contribution in [1.82, 2.24) is 19.5 Å². The molecule has 0 atom stereocenters. The average Bonchev–Trinajstić information content (AvgIpc) is 3.62. The molecule has 0 amide bonds. The maximum Gasteiger partial charge on any atom is 0.238 e. The van der Waals surface area contributed by atoms with Crippen molar-refractivity contribution in [2.75, 3.05) is 0 Å². The SMILES string of the molecule is c1ccc(-c2cc(-c3ccccc3)cc(-c3ccc(-c4cccc5c6ccccc6n(-c6nc(-c7ccccc7)nc(-c7ccccc7)n6)c45)cc3)c2)cc1. The summed E-state index contributed by atoms with van der Waals surface area (Å²) in [5.74, 6) is 1.84. The Morgan fingerprint density at radius 3 is 1.24 bits per heavy atom. The highest BCUT2D eigenvalue weighted by molar-refractivity contribution is 6.13. The van der Waals surface area contributed by atoms with Crippen molar-refractivity contribution in [1.29, 1.82) is 0 Å². The van der Waals surface area contributed by atoms with Gasteiger partial charge >= 0.3 is 0 Å². The number of benzene rings is 8. The molecular weight excluding hydrogens is 669 g/mol. The molecular formula is C51H34N4. The van der Waals surface area contributed by atoms with Gasteiger partial charge in [0.25, 0.3) is 0 Å². The first-order valence-corrected chi connectivity index (χ1v) is 18.5. The molecule has 0 aliphatic rings. The van der Waals surface area contributed by atoms with E-state index in [9.17, 15) is 0 Å². The summed E-state index contributed by atoms with van der Waals surface area (Å²) in [4.78, 5) is 15.3. The Bertz CT molecular complexity index is 2820. The standard InChI is InChI=1S/C51H34N4/c1-5-16-35(17-6-1)41-32-42(36-18-7-2-8-19-36)34-43(33-41)37-28-30-38(31-29-37)44-25-15-26-46-45-24-13-14-27-47(45)55(48(44)46)51-53-49(39-20-9-3-10-21-39)52-50(54-51)40-22-11-4-12-23-40/h1-34H. The third-order valence-electron chi connectivity index (χ3n) is 10.3. The summed E-state index contributed by atoms with van der Waals surface area (Å²) in [6, 6.07) is 72.4. The quantitative estimate of drug-likeness (QED) is 0.166. The van der Waals surface area contributed by atoms with Crippen LogP contribution in [0.4, 0.5) is 0 Å². The zero-order valence-electron chi connectivity index (χ0n) is 29.9. The van der Waals surface area contributed by atoms with Crippen LogP contribution in [-0.4, -0.2) is 19.5 Å². The average molecular weight is 703 g/mol. The van der Waals surface area contributed by atoms with Gasteiger partial charge in [-0.25, -0.2) is 4.98 Å². The van der Waals surface area contributed by atoms with E-state index in [1.165, 1.54) is 27.8 Å². The second-order valence-corrected chi connectivity index (χ2v) is 13.7. The van der Waals surface area contributed by atoms with Gasteiger partial charge in [-0.2, -0.15) is 9.97 Å². The molecule has 2 heterocycles. The van der Waals surface area contributed by atoms with E-state index < -0.39 is 0 Å². The van der Waals surface area contributed by atoms with E-state index in [4.69, 9.17) is 15.0 Å². The smallest absolute Gasteiger partial charge is 0.238 e. The maximum atomic E-state index is 5.17. The number of hydrogen-bond donors (Lipinski definition) is 0. The van der Waals surface area contributed by atoms with Crippen LogP contribution in [0.25, 0.3) is 95.0 Å². The first-order valence-electron chi connectivity index (χ1n) is 18.5. The highest BCUT2D eigenvalue weighted by Crippen LogP contribution is 2.39. The summed E-state index contributed by atoms with van der Waals surface area (Å²) >= 11 is 0. The fourth-order valence-electron chi connectivity index (χ4n) is 7.59. The Labute approximate surface area is 319 Å². The molecule has 0 unspecified atom stereocenters. The Morgan fingerprint density at radius 1 is 0.291 bits per heavy atom. The van der Waals surface area contributed by atoms with Gasteiger partial charge in [-0.3, -0.25) is 4.57 Å². The number of rotatable bonds is 7. The molecule has 10 rings (SSSR count). The molecule has 2 aromatic heterocycles. The molecule has 55 heavy (non-hydrogen) atoms. The van der Waals surface area contributed by atoms with Crippen LogP contribution in [0.3, 0.4) is 0 Å². The molecule has 258 valence electrons. The largest absolute Gasteiger partial charge is 0.277 e. The fraction of sp³-hybridized carbons (Fsp3) is 0. The molecule has 0 bridgehead atoms. The Morgan fingerprint density at radius 2 is 0.709 bits per heavy atom. The van der Waals surface area contributed by atoms with E-state index in [0.717, 1.165) is 49.6 Å². The summed E-state index contributed by atoms with van der Waals surface area (Å²) in [7, 11) is 0. The van der Waals surface area contributed by atoms with E-state index >= 15 is 0 Å². The summed E-state index contributed by atoms with van der Waals surface area (Å²) in [5.41, 5.74) is 13.3. The van der Waals surface area contributed by atoms with Gasteiger partial charge in [-0.1, -0.05) is 182 Å². The monoisotopic (exact) mass is 702 g/mol. The third kappa shape index (κ3) is 6.06. The van der Waals surface area contributed by atoms with Gasteiger partial charge in [-0.05, 0) is 63.2 Å². The van der Waals surface area contributed by atoms with E-state index in [1.807, 2.05) is 60.7 Å². The summed E-state index contributed by atoms with van der Waals surface area (Å²) < 4.78 is 2.21. The molecule has 0 N–H and O–H groups in total. The highest BCUT2D eigenvalue weighted by atomic mass is 15.2. The van der Waals surface area contributed by atoms with Gasteiger partial charge < -0.3 is 0 Å². The van der Waals surface area contributed by atoms with Gasteiger partial charge in [0.1, 0.15) is 0 Å². The molecule has 0 saturated heterocycles. The Balaban J connectivity index is 1.15. The minimum Gasteiger partial charge on any atom is -0.277 e. The van der Waals surface area contributed by atoms with E-state index in [0.29, 0.717) is 17.6 Å². The predicted molar refractivity (Wildman–Crippen MR) is 227 cm³/mol. The molecule has 10 aromatic rings. The summed E-state index contributed by atoms with van der Waals surface area (Å²) in [6.07, 6.45) is 0. The Kier molecular flexibility index (Phi) is 8.12. The van der Waals surface area contributed by atoms with E-state index in [-0.39, 0.29) is 0 Å². The molecule has 0 aliphatic heterocycles. The van der Waals surface area contributed by atoms with Crippen molar-refractivity contribution in [3.8, 4) is 73.2 Å².